The monoisotopic (exact) mass is 304 g/mol. The van der Waals surface area contributed by atoms with Gasteiger partial charge in [-0.05, 0) is 32.1 Å². The predicted octanol–water partition coefficient (Wildman–Crippen LogP) is 4.62. The smallest absolute Gasteiger partial charge is 0.305 e. The third-order valence-electron chi connectivity index (χ3n) is 2.45. The molecule has 0 heterocycles. The molecule has 100 valence electrons. The van der Waals surface area contributed by atoms with Crippen molar-refractivity contribution in [1.82, 2.24) is 0 Å². The van der Waals surface area contributed by atoms with Crippen LogP contribution >= 0.6 is 15.9 Å². The zero-order valence-corrected chi connectivity index (χ0v) is 12.5. The summed E-state index contributed by atoms with van der Waals surface area (Å²) in [5.74, 6) is -0.0645. The van der Waals surface area contributed by atoms with Crippen molar-refractivity contribution < 1.29 is 9.53 Å². The number of halogens is 1. The summed E-state index contributed by atoms with van der Waals surface area (Å²) >= 11 is 3.34. The van der Waals surface area contributed by atoms with Gasteiger partial charge in [-0.1, -0.05) is 47.8 Å². The SMILES string of the molecule is CCCCC/C=C\CCOC(=O)CCCCBr. The Balaban J connectivity index is 3.23. The summed E-state index contributed by atoms with van der Waals surface area (Å²) in [6.07, 6.45) is 12.6. The molecule has 0 N–H and O–H groups in total. The minimum atomic E-state index is -0.0645. The number of carbonyl (C=O) groups is 1. The van der Waals surface area contributed by atoms with E-state index in [1.807, 2.05) is 0 Å². The van der Waals surface area contributed by atoms with Crippen molar-refractivity contribution in [2.24, 2.45) is 0 Å². The van der Waals surface area contributed by atoms with Gasteiger partial charge < -0.3 is 4.74 Å². The van der Waals surface area contributed by atoms with Crippen molar-refractivity contribution in [2.75, 3.05) is 11.9 Å². The molecule has 0 aromatic rings. The van der Waals surface area contributed by atoms with Crippen LogP contribution in [0.5, 0.6) is 0 Å². The van der Waals surface area contributed by atoms with Gasteiger partial charge in [0.2, 0.25) is 0 Å². The first kappa shape index (κ1) is 16.7. The van der Waals surface area contributed by atoms with Crippen LogP contribution in [0.1, 0.15) is 58.3 Å². The average molecular weight is 305 g/mol. The average Bonchev–Trinajstić information content (AvgIpc) is 2.33. The lowest BCUT2D eigenvalue weighted by molar-refractivity contribution is -0.143. The predicted molar refractivity (Wildman–Crippen MR) is 76.5 cm³/mol. The van der Waals surface area contributed by atoms with Gasteiger partial charge in [-0.3, -0.25) is 4.79 Å². The Labute approximate surface area is 114 Å². The molecular weight excluding hydrogens is 280 g/mol. The molecule has 0 aromatic carbocycles. The lowest BCUT2D eigenvalue weighted by Gasteiger charge is -2.02. The minimum absolute atomic E-state index is 0.0645. The molecule has 0 aliphatic carbocycles. The zero-order chi connectivity index (χ0) is 12.8. The largest absolute Gasteiger partial charge is 0.465 e. The highest BCUT2D eigenvalue weighted by molar-refractivity contribution is 9.09. The summed E-state index contributed by atoms with van der Waals surface area (Å²) < 4.78 is 5.11. The molecule has 0 aliphatic rings. The Hall–Kier alpha value is -0.310. The van der Waals surface area contributed by atoms with Crippen LogP contribution in [-0.2, 0) is 9.53 Å². The highest BCUT2D eigenvalue weighted by Gasteiger charge is 2.00. The maximum Gasteiger partial charge on any atom is 0.305 e. The summed E-state index contributed by atoms with van der Waals surface area (Å²) in [6, 6.07) is 0. The first-order valence-electron chi connectivity index (χ1n) is 6.67. The Morgan fingerprint density at radius 3 is 2.59 bits per heavy atom. The summed E-state index contributed by atoms with van der Waals surface area (Å²) in [5.41, 5.74) is 0. The van der Waals surface area contributed by atoms with Crippen molar-refractivity contribution in [3.63, 3.8) is 0 Å². The Morgan fingerprint density at radius 1 is 1.12 bits per heavy atom. The quantitative estimate of drug-likeness (QED) is 0.241. The zero-order valence-electron chi connectivity index (χ0n) is 10.9. The summed E-state index contributed by atoms with van der Waals surface area (Å²) in [7, 11) is 0. The standard InChI is InChI=1S/C14H25BrO2/c1-2-3-4-5-6-7-10-13-17-14(16)11-8-9-12-15/h6-7H,2-5,8-13H2,1H3/b7-6-. The van der Waals surface area contributed by atoms with Crippen molar-refractivity contribution in [3.8, 4) is 0 Å². The highest BCUT2D eigenvalue weighted by atomic mass is 79.9. The molecule has 0 fully saturated rings. The molecule has 0 aromatic heterocycles. The first-order valence-corrected chi connectivity index (χ1v) is 7.80. The molecule has 0 radical (unpaired) electrons. The van der Waals surface area contributed by atoms with Crippen molar-refractivity contribution >= 4 is 21.9 Å². The van der Waals surface area contributed by atoms with E-state index in [9.17, 15) is 4.79 Å². The molecule has 0 atom stereocenters. The number of carbonyl (C=O) groups excluding carboxylic acids is 1. The van der Waals surface area contributed by atoms with E-state index < -0.39 is 0 Å². The van der Waals surface area contributed by atoms with Gasteiger partial charge in [0.15, 0.2) is 0 Å². The van der Waals surface area contributed by atoms with Gasteiger partial charge in [-0.2, -0.15) is 0 Å². The number of alkyl halides is 1. The van der Waals surface area contributed by atoms with Crippen molar-refractivity contribution in [1.29, 1.82) is 0 Å². The lowest BCUT2D eigenvalue weighted by atomic mass is 10.2. The second kappa shape index (κ2) is 13.8. The number of rotatable bonds is 11. The summed E-state index contributed by atoms with van der Waals surface area (Å²) in [5, 5.41) is 0.959. The van der Waals surface area contributed by atoms with Gasteiger partial charge in [-0.25, -0.2) is 0 Å². The van der Waals surface area contributed by atoms with E-state index >= 15 is 0 Å². The van der Waals surface area contributed by atoms with Crippen LogP contribution in [-0.4, -0.2) is 17.9 Å². The Kier molecular flexibility index (Phi) is 13.5. The first-order chi connectivity index (χ1) is 8.31. The van der Waals surface area contributed by atoms with Crippen LogP contribution in [0.4, 0.5) is 0 Å². The maximum atomic E-state index is 11.2. The number of hydrogen-bond donors (Lipinski definition) is 0. The molecule has 17 heavy (non-hydrogen) atoms. The van der Waals surface area contributed by atoms with Crippen LogP contribution in [0.3, 0.4) is 0 Å². The van der Waals surface area contributed by atoms with E-state index in [4.69, 9.17) is 4.74 Å². The maximum absolute atomic E-state index is 11.2. The van der Waals surface area contributed by atoms with Crippen molar-refractivity contribution in [3.05, 3.63) is 12.2 Å². The van der Waals surface area contributed by atoms with E-state index in [0.717, 1.165) is 31.0 Å². The topological polar surface area (TPSA) is 26.3 Å². The third kappa shape index (κ3) is 13.6. The number of allylic oxidation sites excluding steroid dienone is 1. The lowest BCUT2D eigenvalue weighted by Crippen LogP contribution is -2.05. The molecule has 0 unspecified atom stereocenters. The Bertz CT molecular complexity index is 202. The molecule has 2 nitrogen and oxygen atoms in total. The Morgan fingerprint density at radius 2 is 1.88 bits per heavy atom. The van der Waals surface area contributed by atoms with E-state index in [0.29, 0.717) is 13.0 Å². The van der Waals surface area contributed by atoms with Gasteiger partial charge in [0.1, 0.15) is 0 Å². The number of ether oxygens (including phenoxy) is 1. The summed E-state index contributed by atoms with van der Waals surface area (Å²) in [4.78, 5) is 11.2. The molecule has 0 saturated carbocycles. The highest BCUT2D eigenvalue weighted by Crippen LogP contribution is 2.02. The van der Waals surface area contributed by atoms with Crippen LogP contribution < -0.4 is 0 Å². The number of esters is 1. The molecule has 0 rings (SSSR count). The van der Waals surface area contributed by atoms with Gasteiger partial charge >= 0.3 is 5.97 Å². The molecular formula is C14H25BrO2. The van der Waals surface area contributed by atoms with Crippen LogP contribution in [0.15, 0.2) is 12.2 Å². The normalized spacial score (nSPS) is 10.9. The second-order valence-electron chi connectivity index (χ2n) is 4.12. The van der Waals surface area contributed by atoms with Crippen LogP contribution in [0.2, 0.25) is 0 Å². The third-order valence-corrected chi connectivity index (χ3v) is 3.01. The fraction of sp³-hybridized carbons (Fsp3) is 0.786. The molecule has 0 amide bonds. The van der Waals surface area contributed by atoms with E-state index in [-0.39, 0.29) is 5.97 Å². The fourth-order valence-corrected chi connectivity index (χ4v) is 1.82. The van der Waals surface area contributed by atoms with E-state index in [2.05, 4.69) is 35.0 Å². The van der Waals surface area contributed by atoms with Gasteiger partial charge in [0.05, 0.1) is 6.61 Å². The van der Waals surface area contributed by atoms with Gasteiger partial charge in [-0.15, -0.1) is 0 Å². The van der Waals surface area contributed by atoms with E-state index in [1.54, 1.807) is 0 Å². The molecule has 0 aliphatic heterocycles. The van der Waals surface area contributed by atoms with Gasteiger partial charge in [0, 0.05) is 11.8 Å². The molecule has 0 spiro atoms. The van der Waals surface area contributed by atoms with Crippen LogP contribution in [0.25, 0.3) is 0 Å². The number of unbranched alkanes of at least 4 members (excludes halogenated alkanes) is 4. The fourth-order valence-electron chi connectivity index (χ4n) is 1.42. The van der Waals surface area contributed by atoms with Crippen molar-refractivity contribution in [2.45, 2.75) is 58.3 Å². The van der Waals surface area contributed by atoms with Gasteiger partial charge in [0.25, 0.3) is 0 Å². The molecule has 0 bridgehead atoms. The van der Waals surface area contributed by atoms with E-state index in [1.165, 1.54) is 19.3 Å². The minimum Gasteiger partial charge on any atom is -0.465 e. The van der Waals surface area contributed by atoms with Crippen LogP contribution in [0, 0.1) is 0 Å². The second-order valence-corrected chi connectivity index (χ2v) is 4.92. The molecule has 3 heteroatoms. The number of hydrogen-bond acceptors (Lipinski definition) is 2. The summed E-state index contributed by atoms with van der Waals surface area (Å²) in [6.45, 7) is 2.73. The molecule has 0 saturated heterocycles.